The fourth-order valence-electron chi connectivity index (χ4n) is 2.09. The lowest BCUT2D eigenvalue weighted by Crippen LogP contribution is -2.19. The van der Waals surface area contributed by atoms with Gasteiger partial charge in [0.05, 0.1) is 11.9 Å². The van der Waals surface area contributed by atoms with Crippen LogP contribution in [0.15, 0.2) is 42.7 Å². The van der Waals surface area contributed by atoms with Gasteiger partial charge in [-0.1, -0.05) is 23.7 Å². The number of anilines is 1. The van der Waals surface area contributed by atoms with E-state index in [1.54, 1.807) is 0 Å². The van der Waals surface area contributed by atoms with E-state index >= 15 is 0 Å². The summed E-state index contributed by atoms with van der Waals surface area (Å²) in [5.41, 5.74) is 3.56. The second-order valence-corrected chi connectivity index (χ2v) is 4.96. The van der Waals surface area contributed by atoms with E-state index in [2.05, 4.69) is 28.3 Å². The molecule has 1 N–H and O–H groups in total. The largest absolute Gasteiger partial charge is 0.369 e. The van der Waals surface area contributed by atoms with Crippen molar-refractivity contribution in [2.75, 3.05) is 19.0 Å². The van der Waals surface area contributed by atoms with Crippen LogP contribution in [-0.2, 0) is 13.1 Å². The first kappa shape index (κ1) is 13.8. The Kier molecular flexibility index (Phi) is 4.77. The number of rotatable bonds is 5. The monoisotopic (exact) mass is 275 g/mol. The van der Waals surface area contributed by atoms with Crippen molar-refractivity contribution in [3.05, 3.63) is 58.9 Å². The minimum atomic E-state index is 0.771. The molecule has 0 saturated carbocycles. The number of hydrogen-bond donors (Lipinski definition) is 1. The van der Waals surface area contributed by atoms with Crippen molar-refractivity contribution < 1.29 is 0 Å². The lowest BCUT2D eigenvalue weighted by atomic mass is 10.1. The maximum Gasteiger partial charge on any atom is 0.0598 e. The van der Waals surface area contributed by atoms with Crippen molar-refractivity contribution in [2.24, 2.45) is 0 Å². The summed E-state index contributed by atoms with van der Waals surface area (Å²) in [4.78, 5) is 6.40. The number of benzene rings is 1. The molecule has 0 amide bonds. The van der Waals surface area contributed by atoms with Crippen LogP contribution in [0.4, 0.5) is 5.69 Å². The fraction of sp³-hybridized carbons (Fsp3) is 0.267. The number of aromatic nitrogens is 1. The van der Waals surface area contributed by atoms with Gasteiger partial charge in [-0.3, -0.25) is 4.98 Å². The first-order valence-corrected chi connectivity index (χ1v) is 6.61. The standard InChI is InChI=1S/C15H18ClN3/c1-17-9-13-6-7-18-10-15(13)19(2)11-12-4-3-5-14(16)8-12/h3-8,10,17H,9,11H2,1-2H3. The summed E-state index contributed by atoms with van der Waals surface area (Å²) in [6.07, 6.45) is 3.72. The van der Waals surface area contributed by atoms with Crippen molar-refractivity contribution in [3.8, 4) is 0 Å². The zero-order chi connectivity index (χ0) is 13.7. The maximum absolute atomic E-state index is 6.01. The van der Waals surface area contributed by atoms with Gasteiger partial charge in [0.1, 0.15) is 0 Å². The summed E-state index contributed by atoms with van der Waals surface area (Å²) in [7, 11) is 4.01. The Bertz CT molecular complexity index is 542. The maximum atomic E-state index is 6.01. The highest BCUT2D eigenvalue weighted by Gasteiger charge is 2.07. The van der Waals surface area contributed by atoms with E-state index in [1.807, 2.05) is 43.7 Å². The third kappa shape index (κ3) is 3.69. The molecule has 0 radical (unpaired) electrons. The molecule has 0 saturated heterocycles. The predicted octanol–water partition coefficient (Wildman–Crippen LogP) is 3.09. The van der Waals surface area contributed by atoms with E-state index in [4.69, 9.17) is 11.6 Å². The van der Waals surface area contributed by atoms with Gasteiger partial charge in [0.15, 0.2) is 0 Å². The fourth-order valence-corrected chi connectivity index (χ4v) is 2.31. The van der Waals surface area contributed by atoms with Crippen molar-refractivity contribution in [3.63, 3.8) is 0 Å². The van der Waals surface area contributed by atoms with Crippen LogP contribution in [-0.4, -0.2) is 19.1 Å². The molecular weight excluding hydrogens is 258 g/mol. The van der Waals surface area contributed by atoms with E-state index in [0.717, 1.165) is 23.8 Å². The summed E-state index contributed by atoms with van der Waals surface area (Å²) in [5.74, 6) is 0. The van der Waals surface area contributed by atoms with Gasteiger partial charge in [0.2, 0.25) is 0 Å². The molecule has 3 nitrogen and oxygen atoms in total. The van der Waals surface area contributed by atoms with E-state index < -0.39 is 0 Å². The Morgan fingerprint density at radius 2 is 2.16 bits per heavy atom. The Hall–Kier alpha value is -1.58. The van der Waals surface area contributed by atoms with Crippen LogP contribution in [0, 0.1) is 0 Å². The van der Waals surface area contributed by atoms with E-state index in [9.17, 15) is 0 Å². The molecule has 2 rings (SSSR count). The van der Waals surface area contributed by atoms with E-state index in [-0.39, 0.29) is 0 Å². The molecule has 0 aliphatic carbocycles. The number of halogens is 1. The quantitative estimate of drug-likeness (QED) is 0.909. The number of hydrogen-bond acceptors (Lipinski definition) is 3. The van der Waals surface area contributed by atoms with Crippen molar-refractivity contribution in [2.45, 2.75) is 13.1 Å². The summed E-state index contributed by atoms with van der Waals surface area (Å²) in [5, 5.41) is 3.95. The molecule has 100 valence electrons. The highest BCUT2D eigenvalue weighted by atomic mass is 35.5. The topological polar surface area (TPSA) is 28.2 Å². The van der Waals surface area contributed by atoms with Gasteiger partial charge in [0, 0.05) is 31.4 Å². The molecule has 1 aromatic heterocycles. The van der Waals surface area contributed by atoms with Gasteiger partial charge in [-0.2, -0.15) is 0 Å². The molecule has 0 unspecified atom stereocenters. The molecule has 0 atom stereocenters. The van der Waals surface area contributed by atoms with Gasteiger partial charge < -0.3 is 10.2 Å². The Morgan fingerprint density at radius 1 is 1.32 bits per heavy atom. The molecule has 0 aliphatic heterocycles. The lowest BCUT2D eigenvalue weighted by Gasteiger charge is -2.22. The van der Waals surface area contributed by atoms with E-state index in [0.29, 0.717) is 0 Å². The van der Waals surface area contributed by atoms with Crippen LogP contribution in [0.1, 0.15) is 11.1 Å². The third-order valence-electron chi connectivity index (χ3n) is 2.97. The summed E-state index contributed by atoms with van der Waals surface area (Å²) >= 11 is 6.01. The van der Waals surface area contributed by atoms with Crippen LogP contribution < -0.4 is 10.2 Å². The zero-order valence-corrected chi connectivity index (χ0v) is 12.0. The van der Waals surface area contributed by atoms with Crippen LogP contribution >= 0.6 is 11.6 Å². The first-order chi connectivity index (χ1) is 9.20. The molecule has 4 heteroatoms. The van der Waals surface area contributed by atoms with Gasteiger partial charge >= 0.3 is 0 Å². The Balaban J connectivity index is 2.17. The van der Waals surface area contributed by atoms with Gasteiger partial charge in [-0.15, -0.1) is 0 Å². The highest BCUT2D eigenvalue weighted by molar-refractivity contribution is 6.30. The second kappa shape index (κ2) is 6.55. The van der Waals surface area contributed by atoms with Gasteiger partial charge in [0.25, 0.3) is 0 Å². The van der Waals surface area contributed by atoms with Crippen molar-refractivity contribution in [1.82, 2.24) is 10.3 Å². The first-order valence-electron chi connectivity index (χ1n) is 6.24. The molecule has 1 heterocycles. The minimum absolute atomic E-state index is 0.771. The van der Waals surface area contributed by atoms with Gasteiger partial charge in [-0.05, 0) is 36.4 Å². The van der Waals surface area contributed by atoms with Crippen molar-refractivity contribution >= 4 is 17.3 Å². The molecular formula is C15H18ClN3. The minimum Gasteiger partial charge on any atom is -0.369 e. The molecule has 0 fully saturated rings. The smallest absolute Gasteiger partial charge is 0.0598 e. The molecule has 19 heavy (non-hydrogen) atoms. The molecule has 0 aliphatic rings. The Labute approximate surface area is 119 Å². The Morgan fingerprint density at radius 3 is 2.89 bits per heavy atom. The molecule has 0 spiro atoms. The van der Waals surface area contributed by atoms with Crippen LogP contribution in [0.2, 0.25) is 5.02 Å². The highest BCUT2D eigenvalue weighted by Crippen LogP contribution is 2.20. The average molecular weight is 276 g/mol. The number of nitrogens with zero attached hydrogens (tertiary/aromatic N) is 2. The number of nitrogens with one attached hydrogen (secondary N) is 1. The van der Waals surface area contributed by atoms with Crippen molar-refractivity contribution in [1.29, 1.82) is 0 Å². The average Bonchev–Trinajstić information content (AvgIpc) is 2.39. The number of pyridine rings is 1. The summed E-state index contributed by atoms with van der Waals surface area (Å²) < 4.78 is 0. The summed E-state index contributed by atoms with van der Waals surface area (Å²) in [6, 6.07) is 9.98. The molecule has 1 aromatic carbocycles. The molecule has 0 bridgehead atoms. The third-order valence-corrected chi connectivity index (χ3v) is 3.21. The SMILES string of the molecule is CNCc1ccncc1N(C)Cc1cccc(Cl)c1. The van der Waals surface area contributed by atoms with E-state index in [1.165, 1.54) is 11.1 Å². The van der Waals surface area contributed by atoms with Crippen LogP contribution in [0.3, 0.4) is 0 Å². The molecule has 2 aromatic rings. The van der Waals surface area contributed by atoms with Crippen LogP contribution in [0.25, 0.3) is 0 Å². The second-order valence-electron chi connectivity index (χ2n) is 4.52. The predicted molar refractivity (Wildman–Crippen MR) is 80.6 cm³/mol. The normalized spacial score (nSPS) is 10.5. The van der Waals surface area contributed by atoms with Gasteiger partial charge in [-0.25, -0.2) is 0 Å². The zero-order valence-electron chi connectivity index (χ0n) is 11.2. The summed E-state index contributed by atoms with van der Waals surface area (Å²) in [6.45, 7) is 1.64. The lowest BCUT2D eigenvalue weighted by molar-refractivity contribution is 0.802. The van der Waals surface area contributed by atoms with Crippen LogP contribution in [0.5, 0.6) is 0 Å².